The molecule has 0 saturated heterocycles. The number of hydrogen-bond donors (Lipinski definition) is 1. The molecule has 0 aliphatic rings. The van der Waals surface area contributed by atoms with Gasteiger partial charge in [0.05, 0.1) is 11.4 Å². The first kappa shape index (κ1) is 14.5. The van der Waals surface area contributed by atoms with Crippen LogP contribution in [0.2, 0.25) is 0 Å². The van der Waals surface area contributed by atoms with Gasteiger partial charge in [0, 0.05) is 31.3 Å². The van der Waals surface area contributed by atoms with Crippen molar-refractivity contribution in [1.29, 1.82) is 0 Å². The molecule has 0 radical (unpaired) electrons. The second-order valence-corrected chi connectivity index (χ2v) is 5.82. The van der Waals surface area contributed by atoms with Gasteiger partial charge in [-0.05, 0) is 33.8 Å². The highest BCUT2D eigenvalue weighted by Gasteiger charge is 2.10. The molecule has 2 aromatic rings. The Bertz CT molecular complexity index is 568. The minimum absolute atomic E-state index is 0.0586. The van der Waals surface area contributed by atoms with Crippen LogP contribution >= 0.6 is 0 Å². The van der Waals surface area contributed by atoms with Crippen molar-refractivity contribution in [2.45, 2.75) is 39.8 Å². The summed E-state index contributed by atoms with van der Waals surface area (Å²) in [6.45, 7) is 8.94. The highest BCUT2D eigenvalue weighted by Crippen LogP contribution is 2.18. The molecule has 20 heavy (non-hydrogen) atoms. The summed E-state index contributed by atoms with van der Waals surface area (Å²) in [4.78, 5) is 0. The van der Waals surface area contributed by atoms with Crippen LogP contribution in [0.25, 0.3) is 0 Å². The molecule has 0 saturated carbocycles. The van der Waals surface area contributed by atoms with E-state index in [1.165, 1.54) is 0 Å². The zero-order valence-corrected chi connectivity index (χ0v) is 12.6. The van der Waals surface area contributed by atoms with Crippen molar-refractivity contribution in [2.75, 3.05) is 0 Å². The molecule has 0 aliphatic carbocycles. The Labute approximate surface area is 119 Å². The van der Waals surface area contributed by atoms with E-state index in [0.29, 0.717) is 18.3 Å². The number of rotatable bonds is 4. The molecule has 0 amide bonds. The van der Waals surface area contributed by atoms with Crippen LogP contribution in [0, 0.1) is 6.92 Å². The summed E-state index contributed by atoms with van der Waals surface area (Å²) in [5, 5.41) is 15.8. The number of aryl methyl sites for hydroxylation is 2. The van der Waals surface area contributed by atoms with Crippen LogP contribution in [0.15, 0.2) is 18.2 Å². The molecular weight excluding hydrogens is 254 g/mol. The maximum Gasteiger partial charge on any atom is 0.240 e. The zero-order valence-electron chi connectivity index (χ0n) is 12.6. The number of aromatic nitrogens is 4. The molecular formula is C14H21N5O. The van der Waals surface area contributed by atoms with E-state index in [2.05, 4.69) is 41.4 Å². The number of nitrogens with zero attached hydrogens (tertiary/aromatic N) is 4. The maximum absolute atomic E-state index is 5.64. The van der Waals surface area contributed by atoms with Crippen molar-refractivity contribution in [3.05, 3.63) is 29.6 Å². The lowest BCUT2D eigenvalue weighted by molar-refractivity contribution is 0.403. The van der Waals surface area contributed by atoms with E-state index >= 15 is 0 Å². The fraction of sp³-hybridized carbons (Fsp3) is 0.500. The van der Waals surface area contributed by atoms with Crippen LogP contribution in [-0.4, -0.2) is 25.5 Å². The molecule has 1 N–H and O–H groups in total. The average molecular weight is 275 g/mol. The van der Waals surface area contributed by atoms with Crippen LogP contribution in [0.1, 0.15) is 32.2 Å². The van der Waals surface area contributed by atoms with Crippen molar-refractivity contribution >= 4 is 0 Å². The SMILES string of the molecule is Cc1cc(Oc2ccc(CNC(C)(C)C)nn2)n(C)n1. The molecule has 0 aromatic carbocycles. The standard InChI is InChI=1S/C14H21N5O/c1-10-8-13(19(5)18-10)20-12-7-6-11(16-17-12)9-15-14(2,3)4/h6-8,15H,9H2,1-5H3. The first-order valence-corrected chi connectivity index (χ1v) is 6.60. The van der Waals surface area contributed by atoms with Gasteiger partial charge < -0.3 is 10.1 Å². The smallest absolute Gasteiger partial charge is 0.240 e. The first-order valence-electron chi connectivity index (χ1n) is 6.60. The van der Waals surface area contributed by atoms with E-state index in [0.717, 1.165) is 11.4 Å². The third-order valence-electron chi connectivity index (χ3n) is 2.66. The fourth-order valence-corrected chi connectivity index (χ4v) is 1.64. The zero-order chi connectivity index (χ0) is 14.8. The average Bonchev–Trinajstić information content (AvgIpc) is 2.66. The predicted molar refractivity (Wildman–Crippen MR) is 76.6 cm³/mol. The van der Waals surface area contributed by atoms with Crippen molar-refractivity contribution in [3.63, 3.8) is 0 Å². The van der Waals surface area contributed by atoms with Gasteiger partial charge in [-0.25, -0.2) is 4.68 Å². The lowest BCUT2D eigenvalue weighted by atomic mass is 10.1. The number of hydrogen-bond acceptors (Lipinski definition) is 5. The van der Waals surface area contributed by atoms with Crippen molar-refractivity contribution < 1.29 is 4.74 Å². The summed E-state index contributed by atoms with van der Waals surface area (Å²) in [7, 11) is 1.83. The van der Waals surface area contributed by atoms with Gasteiger partial charge in [0.25, 0.3) is 0 Å². The summed E-state index contributed by atoms with van der Waals surface area (Å²) >= 11 is 0. The maximum atomic E-state index is 5.64. The Morgan fingerprint density at radius 3 is 2.50 bits per heavy atom. The van der Waals surface area contributed by atoms with Gasteiger partial charge in [0.1, 0.15) is 0 Å². The summed E-state index contributed by atoms with van der Waals surface area (Å²) in [5.74, 6) is 1.12. The van der Waals surface area contributed by atoms with Crippen LogP contribution in [-0.2, 0) is 13.6 Å². The van der Waals surface area contributed by atoms with Crippen molar-refractivity contribution in [2.24, 2.45) is 7.05 Å². The van der Waals surface area contributed by atoms with E-state index in [1.54, 1.807) is 4.68 Å². The summed E-state index contributed by atoms with van der Waals surface area (Å²) in [5.41, 5.74) is 1.85. The van der Waals surface area contributed by atoms with Crippen molar-refractivity contribution in [3.8, 4) is 11.8 Å². The quantitative estimate of drug-likeness (QED) is 0.926. The van der Waals surface area contributed by atoms with Crippen LogP contribution in [0.3, 0.4) is 0 Å². The van der Waals surface area contributed by atoms with Crippen LogP contribution in [0.5, 0.6) is 11.8 Å². The van der Waals surface area contributed by atoms with Gasteiger partial charge in [-0.3, -0.25) is 0 Å². The van der Waals surface area contributed by atoms with Crippen LogP contribution < -0.4 is 10.1 Å². The van der Waals surface area contributed by atoms with Gasteiger partial charge in [0.15, 0.2) is 0 Å². The van der Waals surface area contributed by atoms with Gasteiger partial charge in [-0.1, -0.05) is 0 Å². The highest BCUT2D eigenvalue weighted by atomic mass is 16.5. The summed E-state index contributed by atoms with van der Waals surface area (Å²) in [6.07, 6.45) is 0. The minimum Gasteiger partial charge on any atom is -0.419 e. The molecule has 0 spiro atoms. The Balaban J connectivity index is 2.00. The van der Waals surface area contributed by atoms with Gasteiger partial charge in [-0.15, -0.1) is 5.10 Å². The molecule has 2 aromatic heterocycles. The van der Waals surface area contributed by atoms with E-state index in [1.807, 2.05) is 32.2 Å². The number of ether oxygens (including phenoxy) is 1. The Morgan fingerprint density at radius 1 is 1.25 bits per heavy atom. The van der Waals surface area contributed by atoms with Gasteiger partial charge in [-0.2, -0.15) is 10.2 Å². The molecule has 0 fully saturated rings. The number of nitrogens with one attached hydrogen (secondary N) is 1. The predicted octanol–water partition coefficient (Wildman–Crippen LogP) is 2.20. The molecule has 2 heterocycles. The topological polar surface area (TPSA) is 64.9 Å². The van der Waals surface area contributed by atoms with Gasteiger partial charge in [0.2, 0.25) is 11.8 Å². The minimum atomic E-state index is 0.0586. The first-order chi connectivity index (χ1) is 9.33. The summed E-state index contributed by atoms with van der Waals surface area (Å²) < 4.78 is 7.31. The van der Waals surface area contributed by atoms with Crippen molar-refractivity contribution in [1.82, 2.24) is 25.3 Å². The third-order valence-corrected chi connectivity index (χ3v) is 2.66. The molecule has 6 nitrogen and oxygen atoms in total. The monoisotopic (exact) mass is 275 g/mol. The lowest BCUT2D eigenvalue weighted by Gasteiger charge is -2.19. The van der Waals surface area contributed by atoms with E-state index in [4.69, 9.17) is 4.74 Å². The molecule has 108 valence electrons. The largest absolute Gasteiger partial charge is 0.419 e. The van der Waals surface area contributed by atoms with Gasteiger partial charge >= 0.3 is 0 Å². The molecule has 0 bridgehead atoms. The molecule has 2 rings (SSSR count). The third kappa shape index (κ3) is 4.03. The summed E-state index contributed by atoms with van der Waals surface area (Å²) in [6, 6.07) is 5.58. The lowest BCUT2D eigenvalue weighted by Crippen LogP contribution is -2.35. The normalized spacial score (nSPS) is 11.7. The molecule has 0 atom stereocenters. The van der Waals surface area contributed by atoms with E-state index < -0.39 is 0 Å². The Kier molecular flexibility index (Phi) is 4.04. The second-order valence-electron chi connectivity index (χ2n) is 5.82. The highest BCUT2D eigenvalue weighted by molar-refractivity contribution is 5.21. The fourth-order valence-electron chi connectivity index (χ4n) is 1.64. The van der Waals surface area contributed by atoms with E-state index in [-0.39, 0.29) is 5.54 Å². The Hall–Kier alpha value is -1.95. The molecule has 6 heteroatoms. The Morgan fingerprint density at radius 2 is 2.00 bits per heavy atom. The molecule has 0 aliphatic heterocycles. The van der Waals surface area contributed by atoms with Crippen LogP contribution in [0.4, 0.5) is 0 Å². The second kappa shape index (κ2) is 5.58. The molecule has 0 unspecified atom stereocenters. The van der Waals surface area contributed by atoms with E-state index in [9.17, 15) is 0 Å².